The Morgan fingerprint density at radius 2 is 2.28 bits per heavy atom. The summed E-state index contributed by atoms with van der Waals surface area (Å²) in [6.45, 7) is 0.415. The highest BCUT2D eigenvalue weighted by atomic mass is 79.9. The summed E-state index contributed by atoms with van der Waals surface area (Å²) in [5.41, 5.74) is 0.741. The molecule has 0 aliphatic rings. The van der Waals surface area contributed by atoms with Crippen LogP contribution in [0.3, 0.4) is 0 Å². The van der Waals surface area contributed by atoms with Crippen LogP contribution >= 0.6 is 27.5 Å². The monoisotopic (exact) mass is 328 g/mol. The van der Waals surface area contributed by atoms with E-state index in [-0.39, 0.29) is 15.2 Å². The molecule has 0 aliphatic carbocycles. The van der Waals surface area contributed by atoms with Crippen molar-refractivity contribution in [2.45, 2.75) is 6.54 Å². The molecule has 18 heavy (non-hydrogen) atoms. The molecule has 0 radical (unpaired) electrons. The Balaban J connectivity index is 2.34. The fraction of sp³-hybridized carbons (Fsp3) is 0.167. The predicted octanol–water partition coefficient (Wildman–Crippen LogP) is 2.72. The first-order valence-electron chi connectivity index (χ1n) is 5.15. The first kappa shape index (κ1) is 13.1. The van der Waals surface area contributed by atoms with Crippen molar-refractivity contribution in [2.24, 2.45) is 0 Å². The van der Waals surface area contributed by atoms with Crippen LogP contribution in [0.1, 0.15) is 5.56 Å². The number of halogens is 2. The normalized spacial score (nSPS) is 10.4. The third-order valence-corrected chi connectivity index (χ3v) is 3.66. The quantitative estimate of drug-likeness (QED) is 0.813. The second-order valence-electron chi connectivity index (χ2n) is 3.63. The zero-order valence-corrected chi connectivity index (χ0v) is 11.9. The maximum absolute atomic E-state index is 11.9. The summed E-state index contributed by atoms with van der Waals surface area (Å²) in [5.74, 6) is 0.751. The fourth-order valence-electron chi connectivity index (χ4n) is 1.52. The summed E-state index contributed by atoms with van der Waals surface area (Å²) in [5, 5.41) is 0.168. The highest BCUT2D eigenvalue weighted by molar-refractivity contribution is 9.10. The van der Waals surface area contributed by atoms with Crippen LogP contribution < -0.4 is 10.3 Å². The molecule has 2 aromatic rings. The van der Waals surface area contributed by atoms with Gasteiger partial charge in [-0.05, 0) is 33.6 Å². The Morgan fingerprint density at radius 3 is 3.00 bits per heavy atom. The molecule has 0 atom stereocenters. The molecule has 4 nitrogen and oxygen atoms in total. The predicted molar refractivity (Wildman–Crippen MR) is 73.3 cm³/mol. The zero-order valence-electron chi connectivity index (χ0n) is 9.56. The second-order valence-corrected chi connectivity index (χ2v) is 4.78. The largest absolute Gasteiger partial charge is 0.497 e. The van der Waals surface area contributed by atoms with E-state index in [4.69, 9.17) is 16.3 Å². The van der Waals surface area contributed by atoms with E-state index in [1.807, 2.05) is 24.3 Å². The van der Waals surface area contributed by atoms with E-state index >= 15 is 0 Å². The molecule has 0 spiro atoms. The van der Waals surface area contributed by atoms with Gasteiger partial charge < -0.3 is 4.74 Å². The van der Waals surface area contributed by atoms with Gasteiger partial charge in [-0.1, -0.05) is 23.7 Å². The number of methoxy groups -OCH3 is 1. The van der Waals surface area contributed by atoms with Crippen LogP contribution in [0.5, 0.6) is 5.75 Å². The maximum atomic E-state index is 11.9. The van der Waals surface area contributed by atoms with Crippen LogP contribution in [0.4, 0.5) is 0 Å². The molecule has 0 saturated heterocycles. The van der Waals surface area contributed by atoms with Gasteiger partial charge in [-0.15, -0.1) is 0 Å². The molecule has 0 aliphatic heterocycles. The summed E-state index contributed by atoms with van der Waals surface area (Å²) in [4.78, 5) is 15.8. The van der Waals surface area contributed by atoms with Crippen LogP contribution in [0.25, 0.3) is 0 Å². The Morgan fingerprint density at radius 1 is 1.50 bits per heavy atom. The number of benzene rings is 1. The molecule has 1 aromatic carbocycles. The molecule has 1 aromatic heterocycles. The summed E-state index contributed by atoms with van der Waals surface area (Å²) in [6.07, 6.45) is 1.43. The molecule has 0 fully saturated rings. The molecule has 0 unspecified atom stereocenters. The third kappa shape index (κ3) is 2.73. The van der Waals surface area contributed by atoms with Crippen molar-refractivity contribution in [2.75, 3.05) is 7.11 Å². The standard InChI is InChI=1S/C12H10BrClN2O2/c1-18-9-4-2-3-8(5-9)6-16-7-15-11(14)10(13)12(16)17/h2-5,7H,6H2,1H3. The summed E-state index contributed by atoms with van der Waals surface area (Å²) in [7, 11) is 1.60. The van der Waals surface area contributed by atoms with Crippen LogP contribution in [0.15, 0.2) is 39.9 Å². The van der Waals surface area contributed by atoms with Crippen molar-refractivity contribution in [1.29, 1.82) is 0 Å². The van der Waals surface area contributed by atoms with Gasteiger partial charge in [-0.3, -0.25) is 9.36 Å². The fourth-order valence-corrected chi connectivity index (χ4v) is 1.98. The Labute approximate surface area is 117 Å². The van der Waals surface area contributed by atoms with Crippen LogP contribution in [-0.4, -0.2) is 16.7 Å². The lowest BCUT2D eigenvalue weighted by Gasteiger charge is -2.07. The average molecular weight is 330 g/mol. The number of hydrogen-bond acceptors (Lipinski definition) is 3. The van der Waals surface area contributed by atoms with Gasteiger partial charge >= 0.3 is 0 Å². The van der Waals surface area contributed by atoms with Crippen LogP contribution in [0, 0.1) is 0 Å². The molecule has 0 bridgehead atoms. The first-order chi connectivity index (χ1) is 8.61. The molecule has 0 amide bonds. The minimum Gasteiger partial charge on any atom is -0.497 e. The van der Waals surface area contributed by atoms with E-state index < -0.39 is 0 Å². The number of aromatic nitrogens is 2. The zero-order chi connectivity index (χ0) is 13.1. The van der Waals surface area contributed by atoms with E-state index in [1.165, 1.54) is 10.9 Å². The second kappa shape index (κ2) is 5.54. The smallest absolute Gasteiger partial charge is 0.269 e. The van der Waals surface area contributed by atoms with Crippen molar-refractivity contribution in [1.82, 2.24) is 9.55 Å². The number of rotatable bonds is 3. The lowest BCUT2D eigenvalue weighted by molar-refractivity contribution is 0.414. The van der Waals surface area contributed by atoms with E-state index in [1.54, 1.807) is 7.11 Å². The minimum atomic E-state index is -0.210. The van der Waals surface area contributed by atoms with Crippen molar-refractivity contribution in [3.05, 3.63) is 56.1 Å². The molecule has 94 valence electrons. The molecule has 0 N–H and O–H groups in total. The summed E-state index contributed by atoms with van der Waals surface area (Å²) < 4.78 is 6.88. The number of hydrogen-bond donors (Lipinski definition) is 0. The Hall–Kier alpha value is -1.33. The third-order valence-electron chi connectivity index (χ3n) is 2.43. The lowest BCUT2D eigenvalue weighted by Crippen LogP contribution is -2.21. The van der Waals surface area contributed by atoms with Gasteiger partial charge in [-0.25, -0.2) is 4.98 Å². The van der Waals surface area contributed by atoms with Crippen molar-refractivity contribution in [3.8, 4) is 5.75 Å². The van der Waals surface area contributed by atoms with E-state index in [0.29, 0.717) is 6.54 Å². The molecule has 1 heterocycles. The van der Waals surface area contributed by atoms with Gasteiger partial charge in [0.1, 0.15) is 10.2 Å². The van der Waals surface area contributed by atoms with Gasteiger partial charge in [0.05, 0.1) is 20.0 Å². The maximum Gasteiger partial charge on any atom is 0.269 e. The topological polar surface area (TPSA) is 44.1 Å². The molecular weight excluding hydrogens is 320 g/mol. The number of nitrogens with zero attached hydrogens (tertiary/aromatic N) is 2. The van der Waals surface area contributed by atoms with E-state index in [2.05, 4.69) is 20.9 Å². The van der Waals surface area contributed by atoms with Gasteiger partial charge in [-0.2, -0.15) is 0 Å². The van der Waals surface area contributed by atoms with Gasteiger partial charge in [0.2, 0.25) is 0 Å². The summed E-state index contributed by atoms with van der Waals surface area (Å²) >= 11 is 8.86. The van der Waals surface area contributed by atoms with Gasteiger partial charge in [0, 0.05) is 0 Å². The van der Waals surface area contributed by atoms with Gasteiger partial charge in [0.25, 0.3) is 5.56 Å². The Kier molecular flexibility index (Phi) is 4.04. The first-order valence-corrected chi connectivity index (χ1v) is 6.32. The number of ether oxygens (including phenoxy) is 1. The van der Waals surface area contributed by atoms with Crippen molar-refractivity contribution in [3.63, 3.8) is 0 Å². The minimum absolute atomic E-state index is 0.168. The van der Waals surface area contributed by atoms with E-state index in [9.17, 15) is 4.79 Å². The molecule has 6 heteroatoms. The molecule has 0 saturated carbocycles. The van der Waals surface area contributed by atoms with Crippen molar-refractivity contribution >= 4 is 27.5 Å². The SMILES string of the molecule is COc1cccc(Cn2cnc(Cl)c(Br)c2=O)c1. The molecule has 2 rings (SSSR count). The van der Waals surface area contributed by atoms with Crippen LogP contribution in [0.2, 0.25) is 5.15 Å². The highest BCUT2D eigenvalue weighted by Crippen LogP contribution is 2.16. The van der Waals surface area contributed by atoms with Crippen LogP contribution in [-0.2, 0) is 6.54 Å². The lowest BCUT2D eigenvalue weighted by atomic mass is 10.2. The van der Waals surface area contributed by atoms with E-state index in [0.717, 1.165) is 11.3 Å². The summed E-state index contributed by atoms with van der Waals surface area (Å²) in [6, 6.07) is 7.51. The van der Waals surface area contributed by atoms with Crippen molar-refractivity contribution < 1.29 is 4.74 Å². The average Bonchev–Trinajstić information content (AvgIpc) is 2.40. The van der Waals surface area contributed by atoms with Gasteiger partial charge in [0.15, 0.2) is 5.15 Å². The Bertz CT molecular complexity index is 628. The molecular formula is C12H10BrClN2O2. The highest BCUT2D eigenvalue weighted by Gasteiger charge is 2.07.